The lowest BCUT2D eigenvalue weighted by atomic mass is 9.99. The molecule has 5 heteroatoms. The third-order valence-electron chi connectivity index (χ3n) is 2.24. The Bertz CT molecular complexity index is 363. The van der Waals surface area contributed by atoms with E-state index in [1.807, 2.05) is 6.07 Å². The van der Waals surface area contributed by atoms with E-state index in [-0.39, 0.29) is 6.42 Å². The summed E-state index contributed by atoms with van der Waals surface area (Å²) in [6.45, 7) is 0. The Kier molecular flexibility index (Phi) is 4.37. The first-order valence-electron chi connectivity index (χ1n) is 4.71. The molecule has 0 aromatic heterocycles. The van der Waals surface area contributed by atoms with Crippen LogP contribution in [0.5, 0.6) is 0 Å². The van der Waals surface area contributed by atoms with E-state index in [1.54, 1.807) is 24.3 Å². The van der Waals surface area contributed by atoms with Crippen LogP contribution in [0, 0.1) is 5.92 Å². The van der Waals surface area contributed by atoms with Crippen molar-refractivity contribution in [1.29, 1.82) is 0 Å². The van der Waals surface area contributed by atoms with Crippen molar-refractivity contribution in [3.8, 4) is 0 Å². The lowest BCUT2D eigenvalue weighted by molar-refractivity contribution is -0.154. The smallest absolute Gasteiger partial charge is 0.317 e. The van der Waals surface area contributed by atoms with Crippen LogP contribution in [-0.2, 0) is 9.59 Å². The largest absolute Gasteiger partial charge is 0.481 e. The summed E-state index contributed by atoms with van der Waals surface area (Å²) in [5, 5.41) is 17.1. The van der Waals surface area contributed by atoms with Gasteiger partial charge >= 0.3 is 11.9 Å². The number of hydrogen-bond acceptors (Lipinski definition) is 3. The Hall–Kier alpha value is -1.49. The molecule has 2 N–H and O–H groups in total. The maximum absolute atomic E-state index is 10.7. The average molecular weight is 240 g/mol. The van der Waals surface area contributed by atoms with Gasteiger partial charge in [0.25, 0.3) is 0 Å². The maximum atomic E-state index is 10.7. The lowest BCUT2D eigenvalue weighted by Gasteiger charge is -2.13. The zero-order valence-electron chi connectivity index (χ0n) is 8.41. The zero-order valence-corrected chi connectivity index (χ0v) is 9.30. The van der Waals surface area contributed by atoms with Gasteiger partial charge < -0.3 is 10.2 Å². The summed E-state index contributed by atoms with van der Waals surface area (Å²) >= 11 is 4.22. The highest BCUT2D eigenvalue weighted by atomic mass is 32.1. The summed E-state index contributed by atoms with van der Waals surface area (Å²) < 4.78 is 0. The molecule has 0 bridgehead atoms. The van der Waals surface area contributed by atoms with Crippen LogP contribution in [0.25, 0.3) is 0 Å². The number of rotatable bonds is 5. The van der Waals surface area contributed by atoms with Gasteiger partial charge in [0, 0.05) is 5.25 Å². The molecule has 0 aliphatic carbocycles. The number of carbonyl (C=O) groups is 2. The third kappa shape index (κ3) is 3.27. The van der Waals surface area contributed by atoms with Crippen molar-refractivity contribution in [2.45, 2.75) is 11.7 Å². The number of thiol groups is 1. The van der Waals surface area contributed by atoms with E-state index in [4.69, 9.17) is 10.2 Å². The van der Waals surface area contributed by atoms with Crippen LogP contribution >= 0.6 is 12.6 Å². The van der Waals surface area contributed by atoms with Gasteiger partial charge in [0.05, 0.1) is 0 Å². The molecule has 1 atom stereocenters. The maximum Gasteiger partial charge on any atom is 0.317 e. The molecule has 0 amide bonds. The van der Waals surface area contributed by atoms with Crippen molar-refractivity contribution in [1.82, 2.24) is 0 Å². The molecule has 4 nitrogen and oxygen atoms in total. The lowest BCUT2D eigenvalue weighted by Crippen LogP contribution is -2.24. The monoisotopic (exact) mass is 240 g/mol. The molecule has 0 heterocycles. The molecular formula is C11H12O4S. The molecule has 1 aromatic carbocycles. The van der Waals surface area contributed by atoms with Crippen molar-refractivity contribution < 1.29 is 19.8 Å². The first-order valence-corrected chi connectivity index (χ1v) is 5.22. The number of aliphatic carboxylic acids is 2. The van der Waals surface area contributed by atoms with E-state index < -0.39 is 23.1 Å². The normalized spacial score (nSPS) is 12.4. The Morgan fingerprint density at radius 1 is 1.12 bits per heavy atom. The number of hydrogen-bond donors (Lipinski definition) is 3. The highest BCUT2D eigenvalue weighted by molar-refractivity contribution is 7.80. The van der Waals surface area contributed by atoms with Crippen molar-refractivity contribution in [3.05, 3.63) is 35.9 Å². The molecule has 1 aromatic rings. The molecule has 0 fully saturated rings. The molecule has 16 heavy (non-hydrogen) atoms. The number of carboxylic acid groups (broad SMARTS) is 2. The van der Waals surface area contributed by atoms with E-state index in [2.05, 4.69) is 12.6 Å². The average Bonchev–Trinajstić information content (AvgIpc) is 2.25. The van der Waals surface area contributed by atoms with Crippen LogP contribution in [0.2, 0.25) is 0 Å². The second kappa shape index (κ2) is 5.55. The topological polar surface area (TPSA) is 74.6 Å². The summed E-state index contributed by atoms with van der Waals surface area (Å²) in [5.41, 5.74) is 0.818. The molecule has 1 rings (SSSR count). The number of carboxylic acids is 2. The van der Waals surface area contributed by atoms with Gasteiger partial charge in [-0.2, -0.15) is 12.6 Å². The quantitative estimate of drug-likeness (QED) is 0.542. The van der Waals surface area contributed by atoms with E-state index in [0.717, 1.165) is 5.56 Å². The molecular weight excluding hydrogens is 228 g/mol. The van der Waals surface area contributed by atoms with Crippen LogP contribution in [0.15, 0.2) is 30.3 Å². The fraction of sp³-hybridized carbons (Fsp3) is 0.273. The summed E-state index contributed by atoms with van der Waals surface area (Å²) in [4.78, 5) is 21.4. The predicted octanol–water partition coefficient (Wildman–Crippen LogP) is 1.83. The fourth-order valence-electron chi connectivity index (χ4n) is 1.34. The minimum atomic E-state index is -1.41. The molecule has 0 spiro atoms. The van der Waals surface area contributed by atoms with Gasteiger partial charge in [0.2, 0.25) is 0 Å². The van der Waals surface area contributed by atoms with Crippen LogP contribution in [0.3, 0.4) is 0 Å². The minimum absolute atomic E-state index is 0.0300. The third-order valence-corrected chi connectivity index (χ3v) is 2.75. The van der Waals surface area contributed by atoms with Crippen LogP contribution < -0.4 is 0 Å². The standard InChI is InChI=1S/C11H12O4S/c12-10(13)8(11(14)15)6-9(16)7-4-2-1-3-5-7/h1-5,8-9,16H,6H2,(H,12,13)(H,14,15). The van der Waals surface area contributed by atoms with E-state index >= 15 is 0 Å². The first kappa shape index (κ1) is 12.6. The minimum Gasteiger partial charge on any atom is -0.481 e. The van der Waals surface area contributed by atoms with Gasteiger partial charge in [-0.1, -0.05) is 30.3 Å². The van der Waals surface area contributed by atoms with Gasteiger partial charge in [-0.05, 0) is 12.0 Å². The Morgan fingerprint density at radius 2 is 1.62 bits per heavy atom. The molecule has 0 radical (unpaired) electrons. The van der Waals surface area contributed by atoms with Crippen molar-refractivity contribution in [2.24, 2.45) is 5.92 Å². The van der Waals surface area contributed by atoms with Crippen LogP contribution in [0.1, 0.15) is 17.2 Å². The molecule has 1 unspecified atom stereocenters. The fourth-order valence-corrected chi connectivity index (χ4v) is 1.72. The first-order chi connectivity index (χ1) is 7.52. The molecule has 0 saturated heterocycles. The van der Waals surface area contributed by atoms with Gasteiger partial charge in [-0.15, -0.1) is 0 Å². The van der Waals surface area contributed by atoms with E-state index in [1.165, 1.54) is 0 Å². The highest BCUT2D eigenvalue weighted by Crippen LogP contribution is 2.27. The second-order valence-corrected chi connectivity index (χ2v) is 4.01. The second-order valence-electron chi connectivity index (χ2n) is 3.39. The van der Waals surface area contributed by atoms with Crippen molar-refractivity contribution in [3.63, 3.8) is 0 Å². The molecule has 0 aliphatic rings. The Balaban J connectivity index is 2.73. The van der Waals surface area contributed by atoms with Crippen LogP contribution in [-0.4, -0.2) is 22.2 Å². The van der Waals surface area contributed by atoms with Gasteiger partial charge in [-0.25, -0.2) is 0 Å². The summed E-state index contributed by atoms with van der Waals surface area (Å²) in [7, 11) is 0. The zero-order chi connectivity index (χ0) is 12.1. The molecule has 0 saturated carbocycles. The summed E-state index contributed by atoms with van der Waals surface area (Å²) in [5.74, 6) is -4.08. The summed E-state index contributed by atoms with van der Waals surface area (Å²) in [6, 6.07) is 9.01. The van der Waals surface area contributed by atoms with E-state index in [0.29, 0.717) is 0 Å². The van der Waals surface area contributed by atoms with Gasteiger partial charge in [-0.3, -0.25) is 9.59 Å². The number of benzene rings is 1. The SMILES string of the molecule is O=C(O)C(CC(S)c1ccccc1)C(=O)O. The van der Waals surface area contributed by atoms with Crippen molar-refractivity contribution in [2.75, 3.05) is 0 Å². The van der Waals surface area contributed by atoms with Gasteiger partial charge in [0.15, 0.2) is 5.92 Å². The van der Waals surface area contributed by atoms with Gasteiger partial charge in [0.1, 0.15) is 0 Å². The van der Waals surface area contributed by atoms with Crippen LogP contribution in [0.4, 0.5) is 0 Å². The Labute approximate surface area is 98.3 Å². The van der Waals surface area contributed by atoms with Crippen molar-refractivity contribution >= 4 is 24.6 Å². The molecule has 86 valence electrons. The predicted molar refractivity (Wildman–Crippen MR) is 61.5 cm³/mol. The summed E-state index contributed by atoms with van der Waals surface area (Å²) in [6.07, 6.45) is -0.0300. The molecule has 0 aliphatic heterocycles. The highest BCUT2D eigenvalue weighted by Gasteiger charge is 2.28. The van der Waals surface area contributed by atoms with E-state index in [9.17, 15) is 9.59 Å². The Morgan fingerprint density at radius 3 is 2.06 bits per heavy atom.